The maximum Gasteiger partial charge on any atom is 0.0214 e. The van der Waals surface area contributed by atoms with E-state index in [1.54, 1.807) is 0 Å². The van der Waals surface area contributed by atoms with Crippen LogP contribution in [0.3, 0.4) is 0 Å². The average molecular weight is 235 g/mol. The molecule has 1 radical (unpaired) electrons. The number of fused-ring (bicyclic) bond motifs is 3. The van der Waals surface area contributed by atoms with E-state index in [0.717, 1.165) is 0 Å². The molecule has 0 aliphatic heterocycles. The standard InChI is InChI=1S/C18H19/c1-3-4-8-14-9-6-11-16-17(14)12-15-10-5-7-13(2)18(15)16/h5-7,9-12H,3-4,8H2,1-2H3. The fraction of sp³-hybridized carbons (Fsp3) is 0.278. The van der Waals surface area contributed by atoms with Crippen LogP contribution < -0.4 is 0 Å². The van der Waals surface area contributed by atoms with Gasteiger partial charge in [0, 0.05) is 6.42 Å². The van der Waals surface area contributed by atoms with Gasteiger partial charge in [0.2, 0.25) is 0 Å². The third-order valence-corrected chi connectivity index (χ3v) is 3.87. The van der Waals surface area contributed by atoms with Gasteiger partial charge in [-0.1, -0.05) is 49.7 Å². The Bertz CT molecular complexity index is 579. The molecule has 2 aromatic rings. The van der Waals surface area contributed by atoms with Crippen LogP contribution in [0, 0.1) is 13.3 Å². The zero-order valence-corrected chi connectivity index (χ0v) is 11.2. The van der Waals surface area contributed by atoms with Crippen molar-refractivity contribution < 1.29 is 0 Å². The van der Waals surface area contributed by atoms with Crippen molar-refractivity contribution in [2.75, 3.05) is 0 Å². The van der Waals surface area contributed by atoms with E-state index in [-0.39, 0.29) is 0 Å². The fourth-order valence-corrected chi connectivity index (χ4v) is 2.92. The summed E-state index contributed by atoms with van der Waals surface area (Å²) in [7, 11) is 0. The minimum atomic E-state index is 1.20. The Morgan fingerprint density at radius 3 is 2.67 bits per heavy atom. The molecular weight excluding hydrogens is 216 g/mol. The van der Waals surface area contributed by atoms with Crippen molar-refractivity contribution in [3.63, 3.8) is 0 Å². The van der Waals surface area contributed by atoms with Gasteiger partial charge in [0.25, 0.3) is 0 Å². The van der Waals surface area contributed by atoms with Crippen molar-refractivity contribution in [1.82, 2.24) is 0 Å². The van der Waals surface area contributed by atoms with Crippen LogP contribution in [-0.4, -0.2) is 0 Å². The Morgan fingerprint density at radius 1 is 1.00 bits per heavy atom. The highest BCUT2D eigenvalue weighted by atomic mass is 14.2. The first kappa shape index (κ1) is 11.5. The quantitative estimate of drug-likeness (QED) is 0.604. The highest BCUT2D eigenvalue weighted by molar-refractivity contribution is 5.84. The van der Waals surface area contributed by atoms with Crippen LogP contribution in [0.4, 0.5) is 0 Å². The molecule has 0 fully saturated rings. The van der Waals surface area contributed by atoms with E-state index in [1.807, 2.05) is 0 Å². The first-order valence-corrected chi connectivity index (χ1v) is 6.88. The second-order valence-electron chi connectivity index (χ2n) is 5.17. The molecule has 0 unspecified atom stereocenters. The molecule has 1 aliphatic rings. The molecule has 1 aliphatic carbocycles. The third-order valence-electron chi connectivity index (χ3n) is 3.87. The lowest BCUT2D eigenvalue weighted by Crippen LogP contribution is -1.91. The van der Waals surface area contributed by atoms with Gasteiger partial charge >= 0.3 is 0 Å². The monoisotopic (exact) mass is 235 g/mol. The summed E-state index contributed by atoms with van der Waals surface area (Å²) in [5, 5.41) is 0. The Kier molecular flexibility index (Phi) is 2.95. The molecule has 0 aromatic heterocycles. The lowest BCUT2D eigenvalue weighted by Gasteiger charge is -2.08. The number of rotatable bonds is 3. The van der Waals surface area contributed by atoms with Crippen molar-refractivity contribution in [2.24, 2.45) is 0 Å². The summed E-state index contributed by atoms with van der Waals surface area (Å²) >= 11 is 0. The molecule has 0 spiro atoms. The zero-order chi connectivity index (χ0) is 12.5. The van der Waals surface area contributed by atoms with Gasteiger partial charge in [-0.2, -0.15) is 0 Å². The van der Waals surface area contributed by atoms with E-state index >= 15 is 0 Å². The van der Waals surface area contributed by atoms with Crippen LogP contribution in [-0.2, 0) is 6.42 Å². The first-order chi connectivity index (χ1) is 8.81. The number of aryl methyl sites for hydroxylation is 2. The summed E-state index contributed by atoms with van der Waals surface area (Å²) in [6.07, 6.45) is 6.10. The predicted molar refractivity (Wildman–Crippen MR) is 77.7 cm³/mol. The van der Waals surface area contributed by atoms with Crippen molar-refractivity contribution in [3.8, 4) is 11.1 Å². The number of hydrogen-bond donors (Lipinski definition) is 0. The van der Waals surface area contributed by atoms with Crippen molar-refractivity contribution in [1.29, 1.82) is 0 Å². The van der Waals surface area contributed by atoms with E-state index < -0.39 is 0 Å². The highest BCUT2D eigenvalue weighted by Crippen LogP contribution is 2.41. The largest absolute Gasteiger partial charge is 0.0654 e. The van der Waals surface area contributed by atoms with E-state index in [9.17, 15) is 0 Å². The molecule has 0 amide bonds. The van der Waals surface area contributed by atoms with Crippen LogP contribution in [0.25, 0.3) is 11.1 Å². The SMILES string of the molecule is CCCCc1cccc2c1[CH]c1cccc(C)c1-2. The molecule has 2 aromatic carbocycles. The lowest BCUT2D eigenvalue weighted by atomic mass is 9.96. The van der Waals surface area contributed by atoms with Gasteiger partial charge in [-0.05, 0) is 53.1 Å². The van der Waals surface area contributed by atoms with Crippen LogP contribution in [0.1, 0.15) is 42.0 Å². The van der Waals surface area contributed by atoms with Crippen molar-refractivity contribution in [3.05, 3.63) is 65.1 Å². The summed E-state index contributed by atoms with van der Waals surface area (Å²) in [6, 6.07) is 13.3. The van der Waals surface area contributed by atoms with E-state index in [4.69, 9.17) is 0 Å². The number of hydrogen-bond acceptors (Lipinski definition) is 0. The Morgan fingerprint density at radius 2 is 1.83 bits per heavy atom. The summed E-state index contributed by atoms with van der Waals surface area (Å²) in [6.45, 7) is 4.46. The van der Waals surface area contributed by atoms with Crippen LogP contribution in [0.5, 0.6) is 0 Å². The van der Waals surface area contributed by atoms with Gasteiger partial charge < -0.3 is 0 Å². The molecule has 91 valence electrons. The lowest BCUT2D eigenvalue weighted by molar-refractivity contribution is 0.793. The molecular formula is C18H19. The van der Waals surface area contributed by atoms with Crippen molar-refractivity contribution >= 4 is 0 Å². The van der Waals surface area contributed by atoms with Crippen LogP contribution in [0.15, 0.2) is 36.4 Å². The number of unbranched alkanes of at least 4 members (excludes halogenated alkanes) is 1. The molecule has 3 rings (SSSR count). The van der Waals surface area contributed by atoms with Crippen molar-refractivity contribution in [2.45, 2.75) is 33.1 Å². The van der Waals surface area contributed by atoms with E-state index in [0.29, 0.717) is 0 Å². The topological polar surface area (TPSA) is 0 Å². The molecule has 0 heterocycles. The third kappa shape index (κ3) is 1.77. The van der Waals surface area contributed by atoms with E-state index in [1.165, 1.54) is 52.6 Å². The molecule has 0 saturated heterocycles. The molecule has 18 heavy (non-hydrogen) atoms. The Labute approximate surface area is 110 Å². The van der Waals surface area contributed by atoms with Crippen LogP contribution >= 0.6 is 0 Å². The molecule has 0 N–H and O–H groups in total. The number of benzene rings is 2. The van der Waals surface area contributed by atoms with Gasteiger partial charge in [0.1, 0.15) is 0 Å². The maximum atomic E-state index is 2.36. The highest BCUT2D eigenvalue weighted by Gasteiger charge is 2.21. The summed E-state index contributed by atoms with van der Waals surface area (Å²) in [4.78, 5) is 0. The molecule has 0 bridgehead atoms. The molecule has 0 nitrogen and oxygen atoms in total. The molecule has 0 heteroatoms. The van der Waals surface area contributed by atoms with Gasteiger partial charge in [-0.25, -0.2) is 0 Å². The minimum Gasteiger partial charge on any atom is -0.0654 e. The normalized spacial score (nSPS) is 12.3. The second kappa shape index (κ2) is 4.61. The Hall–Kier alpha value is -1.56. The van der Waals surface area contributed by atoms with E-state index in [2.05, 4.69) is 56.7 Å². The second-order valence-corrected chi connectivity index (χ2v) is 5.17. The fourth-order valence-electron chi connectivity index (χ4n) is 2.92. The minimum absolute atomic E-state index is 1.20. The maximum absolute atomic E-state index is 2.36. The smallest absolute Gasteiger partial charge is 0.0214 e. The van der Waals surface area contributed by atoms with Crippen LogP contribution in [0.2, 0.25) is 0 Å². The van der Waals surface area contributed by atoms with Gasteiger partial charge in [0.15, 0.2) is 0 Å². The first-order valence-electron chi connectivity index (χ1n) is 6.88. The molecule has 0 saturated carbocycles. The summed E-state index contributed by atoms with van der Waals surface area (Å²) < 4.78 is 0. The average Bonchev–Trinajstić information content (AvgIpc) is 2.76. The summed E-state index contributed by atoms with van der Waals surface area (Å²) in [5.41, 5.74) is 8.59. The predicted octanol–water partition coefficient (Wildman–Crippen LogP) is 4.92. The van der Waals surface area contributed by atoms with Gasteiger partial charge in [0.05, 0.1) is 0 Å². The summed E-state index contributed by atoms with van der Waals surface area (Å²) in [5.74, 6) is 0. The van der Waals surface area contributed by atoms with Gasteiger partial charge in [-0.15, -0.1) is 0 Å². The van der Waals surface area contributed by atoms with Gasteiger partial charge in [-0.3, -0.25) is 0 Å². The zero-order valence-electron chi connectivity index (χ0n) is 11.2. The molecule has 0 atom stereocenters. The Balaban J connectivity index is 2.09.